The van der Waals surface area contributed by atoms with Crippen LogP contribution in [0.5, 0.6) is 0 Å². The van der Waals surface area contributed by atoms with Crippen LogP contribution in [0.1, 0.15) is 256 Å². The molecule has 0 aliphatic heterocycles. The molecule has 67 heavy (non-hydrogen) atoms. The SMILES string of the molecule is CC[C@H](c1cc(C(C)C)co1)C(C)C.CC[C@H](c1cc(C)co1)C(C)C.Cc1cc(C(C(C)C)C(C)C)oc1C.Cc1ccc([C@H](C(C)C)C(C)(C)C)o1.Cc1ccc([C@H](C(C)C)C2CC2)o1. The van der Waals surface area contributed by atoms with Crippen molar-refractivity contribution in [2.75, 3.05) is 0 Å². The Morgan fingerprint density at radius 1 is 0.507 bits per heavy atom. The van der Waals surface area contributed by atoms with Gasteiger partial charge in [0.15, 0.2) is 0 Å². The van der Waals surface area contributed by atoms with Crippen molar-refractivity contribution in [3.05, 3.63) is 118 Å². The van der Waals surface area contributed by atoms with Crippen LogP contribution < -0.4 is 0 Å². The molecule has 1 aliphatic carbocycles. The first-order valence-corrected chi connectivity index (χ1v) is 26.5. The average molecular weight is 927 g/mol. The molecule has 0 saturated heterocycles. The fourth-order valence-electron chi connectivity index (χ4n) is 10.3. The number of rotatable bonds is 15. The van der Waals surface area contributed by atoms with Gasteiger partial charge in [-0.15, -0.1) is 0 Å². The first-order chi connectivity index (χ1) is 31.1. The van der Waals surface area contributed by atoms with Gasteiger partial charge < -0.3 is 22.1 Å². The molecule has 0 N–H and O–H groups in total. The standard InChI is InChI=1S/3C13H22O.C12H18O.C11H18O/c1-9(2)12(13(4,5)6)11-8-7-10(3)14-11;1-8(2)13(9(3)4)12-7-10(5)11(6)14-12;1-6-12(10(4)5)13-7-11(8-14-13)9(2)3;1-8(2)12(10-5-6-10)11-7-4-9(3)13-11;1-5-10(8(2)3)11-6-9(4)7-12-11/h7-9,12H,1-6H3;7-9,13H,1-6H3;7-10,12H,6H2,1-5H3;4,7-8,10,12H,5-6H2,1-3H3;6-8,10H,5H2,1-4H3/t12-;;2*12-;10-/m0.010/s1. The summed E-state index contributed by atoms with van der Waals surface area (Å²) in [5.41, 5.74) is 4.08. The maximum absolute atomic E-state index is 5.80. The van der Waals surface area contributed by atoms with E-state index >= 15 is 0 Å². The Morgan fingerprint density at radius 2 is 0.985 bits per heavy atom. The van der Waals surface area contributed by atoms with Crippen molar-refractivity contribution in [3.63, 3.8) is 0 Å². The predicted octanol–water partition coefficient (Wildman–Crippen LogP) is 20.7. The van der Waals surface area contributed by atoms with Gasteiger partial charge in [0.2, 0.25) is 0 Å². The molecular weight excluding hydrogens is 825 g/mol. The minimum absolute atomic E-state index is 0.262. The summed E-state index contributed by atoms with van der Waals surface area (Å²) >= 11 is 0. The molecule has 0 unspecified atom stereocenters. The maximum atomic E-state index is 5.80. The van der Waals surface area contributed by atoms with Gasteiger partial charge in [0.05, 0.1) is 12.5 Å². The molecule has 1 aliphatic rings. The summed E-state index contributed by atoms with van der Waals surface area (Å²) in [4.78, 5) is 0. The van der Waals surface area contributed by atoms with E-state index in [4.69, 9.17) is 22.1 Å². The molecule has 0 bridgehead atoms. The molecule has 0 spiro atoms. The van der Waals surface area contributed by atoms with Crippen LogP contribution in [-0.2, 0) is 0 Å². The smallest absolute Gasteiger partial charge is 0.108 e. The second kappa shape index (κ2) is 27.6. The number of hydrogen-bond acceptors (Lipinski definition) is 5. The zero-order chi connectivity index (χ0) is 51.1. The van der Waals surface area contributed by atoms with Gasteiger partial charge in [0.25, 0.3) is 0 Å². The van der Waals surface area contributed by atoms with Crippen LogP contribution in [0.2, 0.25) is 0 Å². The highest BCUT2D eigenvalue weighted by atomic mass is 16.4. The van der Waals surface area contributed by atoms with Gasteiger partial charge in [0.1, 0.15) is 46.1 Å². The molecule has 5 nitrogen and oxygen atoms in total. The maximum Gasteiger partial charge on any atom is 0.108 e. The second-order valence-electron chi connectivity index (χ2n) is 23.5. The van der Waals surface area contributed by atoms with Gasteiger partial charge in [-0.3, -0.25) is 0 Å². The van der Waals surface area contributed by atoms with E-state index in [2.05, 4.69) is 188 Å². The molecule has 5 aromatic rings. The molecule has 0 aromatic carbocycles. The van der Waals surface area contributed by atoms with Gasteiger partial charge in [-0.05, 0) is 172 Å². The third-order valence-electron chi connectivity index (χ3n) is 13.8. The van der Waals surface area contributed by atoms with Crippen molar-refractivity contribution >= 4 is 0 Å². The van der Waals surface area contributed by atoms with Gasteiger partial charge in [-0.1, -0.05) is 132 Å². The second-order valence-corrected chi connectivity index (χ2v) is 23.5. The molecule has 1 saturated carbocycles. The van der Waals surface area contributed by atoms with Gasteiger partial charge in [-0.25, -0.2) is 0 Å². The Hall–Kier alpha value is -3.60. The first kappa shape index (κ1) is 59.5. The molecule has 4 atom stereocenters. The van der Waals surface area contributed by atoms with E-state index in [1.54, 1.807) is 0 Å². The molecule has 5 aromatic heterocycles. The lowest BCUT2D eigenvalue weighted by molar-refractivity contribution is 0.222. The molecule has 380 valence electrons. The Kier molecular flexibility index (Phi) is 24.5. The van der Waals surface area contributed by atoms with Crippen molar-refractivity contribution in [2.45, 2.75) is 227 Å². The van der Waals surface area contributed by atoms with E-state index in [1.165, 1.54) is 35.3 Å². The molecule has 1 fully saturated rings. The summed E-state index contributed by atoms with van der Waals surface area (Å²) in [5, 5.41) is 0. The quantitative estimate of drug-likeness (QED) is 0.105. The van der Waals surface area contributed by atoms with Crippen molar-refractivity contribution in [1.29, 1.82) is 0 Å². The Balaban J connectivity index is 0.000000288. The third kappa shape index (κ3) is 19.0. The molecule has 0 radical (unpaired) electrons. The fourth-order valence-corrected chi connectivity index (χ4v) is 10.3. The van der Waals surface area contributed by atoms with Crippen LogP contribution in [0.25, 0.3) is 0 Å². The van der Waals surface area contributed by atoms with E-state index in [0.717, 1.165) is 59.1 Å². The van der Waals surface area contributed by atoms with Gasteiger partial charge >= 0.3 is 0 Å². The topological polar surface area (TPSA) is 65.7 Å². The van der Waals surface area contributed by atoms with Crippen LogP contribution >= 0.6 is 0 Å². The number of hydrogen-bond donors (Lipinski definition) is 0. The van der Waals surface area contributed by atoms with Crippen LogP contribution in [0, 0.1) is 81.5 Å². The minimum atomic E-state index is 0.262. The predicted molar refractivity (Wildman–Crippen MR) is 287 cm³/mol. The summed E-state index contributed by atoms with van der Waals surface area (Å²) in [6, 6.07) is 15.0. The lowest BCUT2D eigenvalue weighted by Crippen LogP contribution is -2.22. The normalized spacial score (nSPS) is 14.7. The molecular formula is C62H102O5. The fraction of sp³-hybridized carbons (Fsp3) is 0.677. The van der Waals surface area contributed by atoms with Crippen LogP contribution in [0.3, 0.4) is 0 Å². The molecule has 6 rings (SSSR count). The molecule has 5 heterocycles. The third-order valence-corrected chi connectivity index (χ3v) is 13.8. The van der Waals surface area contributed by atoms with Crippen molar-refractivity contribution < 1.29 is 22.1 Å². The highest BCUT2D eigenvalue weighted by molar-refractivity contribution is 5.22. The number of furan rings is 5. The van der Waals surface area contributed by atoms with E-state index in [9.17, 15) is 0 Å². The van der Waals surface area contributed by atoms with E-state index < -0.39 is 0 Å². The summed E-state index contributed by atoms with van der Waals surface area (Å²) in [6.45, 7) is 53.0. The number of aryl methyl sites for hydroxylation is 5. The zero-order valence-electron chi connectivity index (χ0n) is 47.6. The van der Waals surface area contributed by atoms with Crippen LogP contribution in [0.4, 0.5) is 0 Å². The van der Waals surface area contributed by atoms with Crippen molar-refractivity contribution in [1.82, 2.24) is 0 Å². The summed E-state index contributed by atoms with van der Waals surface area (Å²) in [7, 11) is 0. The molecule has 0 amide bonds. The minimum Gasteiger partial charge on any atom is -0.469 e. The lowest BCUT2D eigenvalue weighted by atomic mass is 9.73. The monoisotopic (exact) mass is 927 g/mol. The highest BCUT2D eigenvalue weighted by Crippen LogP contribution is 2.47. The summed E-state index contributed by atoms with van der Waals surface area (Å²) < 4.78 is 28.4. The highest BCUT2D eigenvalue weighted by Gasteiger charge is 2.36. The van der Waals surface area contributed by atoms with E-state index in [-0.39, 0.29) is 5.41 Å². The Morgan fingerprint density at radius 3 is 1.28 bits per heavy atom. The van der Waals surface area contributed by atoms with E-state index in [0.29, 0.717) is 71.0 Å². The summed E-state index contributed by atoms with van der Waals surface area (Å²) in [6.07, 6.45) is 8.84. The first-order valence-electron chi connectivity index (χ1n) is 26.5. The van der Waals surface area contributed by atoms with Gasteiger partial charge in [0, 0.05) is 29.6 Å². The Bertz CT molecular complexity index is 2020. The van der Waals surface area contributed by atoms with E-state index in [1.807, 2.05) is 33.3 Å². The summed E-state index contributed by atoms with van der Waals surface area (Å²) in [5.74, 6) is 17.1. The average Bonchev–Trinajstić information content (AvgIpc) is 3.65. The van der Waals surface area contributed by atoms with Crippen LogP contribution in [0.15, 0.2) is 77.1 Å². The molecule has 5 heteroatoms. The van der Waals surface area contributed by atoms with Crippen LogP contribution in [-0.4, -0.2) is 0 Å². The van der Waals surface area contributed by atoms with Gasteiger partial charge in [-0.2, -0.15) is 0 Å². The van der Waals surface area contributed by atoms with Crippen molar-refractivity contribution in [3.8, 4) is 0 Å². The largest absolute Gasteiger partial charge is 0.469 e. The lowest BCUT2D eigenvalue weighted by Gasteiger charge is -2.32. The van der Waals surface area contributed by atoms with Crippen molar-refractivity contribution in [2.24, 2.45) is 46.8 Å². The Labute approximate surface area is 412 Å². The zero-order valence-corrected chi connectivity index (χ0v) is 47.6.